The van der Waals surface area contributed by atoms with Crippen molar-refractivity contribution in [2.45, 2.75) is 33.1 Å². The first kappa shape index (κ1) is 16.6. The van der Waals surface area contributed by atoms with Crippen molar-refractivity contribution in [3.8, 4) is 5.75 Å². The Morgan fingerprint density at radius 1 is 1.14 bits per heavy atom. The first-order valence-corrected chi connectivity index (χ1v) is 8.80. The van der Waals surface area contributed by atoms with Crippen LogP contribution < -0.4 is 10.1 Å². The molecule has 1 N–H and O–H groups in total. The Hall–Kier alpha value is -0.810. The third-order valence-corrected chi connectivity index (χ3v) is 4.47. The fraction of sp³-hybridized carbons (Fsp3) is 0.438. The lowest BCUT2D eigenvalue weighted by Gasteiger charge is -2.16. The number of pyridine rings is 1. The largest absolute Gasteiger partial charge is 0.495 e. The van der Waals surface area contributed by atoms with Crippen LogP contribution in [0.1, 0.15) is 32.4 Å². The molecule has 0 saturated carbocycles. The van der Waals surface area contributed by atoms with E-state index in [0.717, 1.165) is 62.8 Å². The summed E-state index contributed by atoms with van der Waals surface area (Å²) in [7, 11) is 1.69. The van der Waals surface area contributed by atoms with Crippen molar-refractivity contribution >= 4 is 48.5 Å². The zero-order valence-electron chi connectivity index (χ0n) is 12.6. The van der Waals surface area contributed by atoms with Crippen molar-refractivity contribution < 1.29 is 4.74 Å². The van der Waals surface area contributed by atoms with E-state index < -0.39 is 0 Å². The first-order valence-electron chi connectivity index (χ1n) is 7.21. The minimum absolute atomic E-state index is 0.822. The Balaban J connectivity index is 2.74. The van der Waals surface area contributed by atoms with Crippen LogP contribution in [0.5, 0.6) is 5.75 Å². The van der Waals surface area contributed by atoms with E-state index in [1.165, 1.54) is 0 Å². The van der Waals surface area contributed by atoms with Crippen LogP contribution in [0, 0.1) is 0 Å². The van der Waals surface area contributed by atoms with Crippen molar-refractivity contribution in [2.75, 3.05) is 19.0 Å². The number of ether oxygens (including phenoxy) is 1. The summed E-state index contributed by atoms with van der Waals surface area (Å²) in [4.78, 5) is 4.80. The molecule has 2 aromatic rings. The molecule has 3 nitrogen and oxygen atoms in total. The number of rotatable bonds is 6. The molecule has 1 aromatic heterocycles. The van der Waals surface area contributed by atoms with Gasteiger partial charge in [-0.25, -0.2) is 0 Å². The lowest BCUT2D eigenvalue weighted by atomic mass is 10.1. The Bertz CT molecular complexity index is 644. The smallest absolute Gasteiger partial charge is 0.144 e. The predicted molar refractivity (Wildman–Crippen MR) is 96.5 cm³/mol. The monoisotopic (exact) mass is 414 g/mol. The van der Waals surface area contributed by atoms with Gasteiger partial charge in [0.05, 0.1) is 22.5 Å². The molecule has 1 aromatic carbocycles. The molecule has 5 heteroatoms. The zero-order valence-corrected chi connectivity index (χ0v) is 15.8. The average Bonchev–Trinajstić information content (AvgIpc) is 2.46. The Labute approximate surface area is 142 Å². The van der Waals surface area contributed by atoms with E-state index in [2.05, 4.69) is 57.1 Å². The van der Waals surface area contributed by atoms with Crippen LogP contribution in [0.2, 0.25) is 0 Å². The van der Waals surface area contributed by atoms with Crippen molar-refractivity contribution in [1.82, 2.24) is 4.98 Å². The lowest BCUT2D eigenvalue weighted by molar-refractivity contribution is 0.417. The number of hydrogen-bond acceptors (Lipinski definition) is 3. The quantitative estimate of drug-likeness (QED) is 0.672. The Morgan fingerprint density at radius 3 is 2.52 bits per heavy atom. The van der Waals surface area contributed by atoms with Gasteiger partial charge in [-0.1, -0.05) is 20.3 Å². The van der Waals surface area contributed by atoms with E-state index >= 15 is 0 Å². The van der Waals surface area contributed by atoms with Crippen molar-refractivity contribution in [1.29, 1.82) is 0 Å². The maximum Gasteiger partial charge on any atom is 0.144 e. The first-order chi connectivity index (χ1) is 10.1. The van der Waals surface area contributed by atoms with Gasteiger partial charge in [-0.3, -0.25) is 4.98 Å². The van der Waals surface area contributed by atoms with Gasteiger partial charge in [-0.15, -0.1) is 0 Å². The highest BCUT2D eigenvalue weighted by molar-refractivity contribution is 9.11. The average molecular weight is 416 g/mol. The summed E-state index contributed by atoms with van der Waals surface area (Å²) in [6.45, 7) is 5.26. The molecule has 1 heterocycles. The number of halogens is 2. The van der Waals surface area contributed by atoms with Crippen LogP contribution in [0.15, 0.2) is 21.1 Å². The van der Waals surface area contributed by atoms with Crippen LogP contribution in [0.3, 0.4) is 0 Å². The van der Waals surface area contributed by atoms with Gasteiger partial charge in [-0.05, 0) is 56.8 Å². The van der Waals surface area contributed by atoms with Gasteiger partial charge in [0, 0.05) is 22.4 Å². The van der Waals surface area contributed by atoms with Gasteiger partial charge in [-0.2, -0.15) is 0 Å². The zero-order chi connectivity index (χ0) is 15.4. The second-order valence-electron chi connectivity index (χ2n) is 4.93. The summed E-state index contributed by atoms with van der Waals surface area (Å²) in [6, 6.07) is 4.14. The van der Waals surface area contributed by atoms with E-state index in [0.29, 0.717) is 0 Å². The topological polar surface area (TPSA) is 34.2 Å². The van der Waals surface area contributed by atoms with E-state index in [9.17, 15) is 0 Å². The third kappa shape index (κ3) is 3.51. The molecule has 0 aliphatic heterocycles. The minimum atomic E-state index is 0.822. The number of methoxy groups -OCH3 is 1. The number of fused-ring (bicyclic) bond motifs is 1. The molecule has 0 spiro atoms. The standard InChI is InChI=1S/C16H20Br2N2O/c1-4-6-10-8-13(19-7-5-2)14-15(20-10)11(17)9-12(18)16(14)21-3/h8-9H,4-7H2,1-3H3,(H,19,20). The summed E-state index contributed by atoms with van der Waals surface area (Å²) < 4.78 is 7.49. The second kappa shape index (κ2) is 7.45. The van der Waals surface area contributed by atoms with Gasteiger partial charge in [0.2, 0.25) is 0 Å². The number of nitrogens with one attached hydrogen (secondary N) is 1. The number of nitrogens with zero attached hydrogens (tertiary/aromatic N) is 1. The summed E-state index contributed by atoms with van der Waals surface area (Å²) in [6.07, 6.45) is 3.13. The molecule has 0 atom stereocenters. The predicted octanol–water partition coefficient (Wildman–Crippen LogP) is 5.54. The molecule has 0 bridgehead atoms. The van der Waals surface area contributed by atoms with E-state index in [1.54, 1.807) is 7.11 Å². The van der Waals surface area contributed by atoms with E-state index in [1.807, 2.05) is 6.07 Å². The van der Waals surface area contributed by atoms with Crippen LogP contribution in [-0.2, 0) is 6.42 Å². The van der Waals surface area contributed by atoms with Gasteiger partial charge in [0.25, 0.3) is 0 Å². The summed E-state index contributed by atoms with van der Waals surface area (Å²) in [5.41, 5.74) is 3.14. The number of anilines is 1. The van der Waals surface area contributed by atoms with Crippen molar-refractivity contribution in [3.05, 3.63) is 26.8 Å². The third-order valence-electron chi connectivity index (χ3n) is 3.27. The SMILES string of the molecule is CCCNc1cc(CCC)nc2c(Br)cc(Br)c(OC)c12. The van der Waals surface area contributed by atoms with Crippen LogP contribution in [0.4, 0.5) is 5.69 Å². The molecule has 0 unspecified atom stereocenters. The molecular formula is C16H20Br2N2O. The van der Waals surface area contributed by atoms with Crippen LogP contribution in [-0.4, -0.2) is 18.6 Å². The maximum absolute atomic E-state index is 5.59. The lowest BCUT2D eigenvalue weighted by Crippen LogP contribution is -2.04. The number of benzene rings is 1. The maximum atomic E-state index is 5.59. The van der Waals surface area contributed by atoms with Crippen molar-refractivity contribution in [3.63, 3.8) is 0 Å². The highest BCUT2D eigenvalue weighted by Crippen LogP contribution is 2.41. The molecule has 2 rings (SSSR count). The highest BCUT2D eigenvalue weighted by atomic mass is 79.9. The molecule has 0 saturated heterocycles. The van der Waals surface area contributed by atoms with Crippen molar-refractivity contribution in [2.24, 2.45) is 0 Å². The molecule has 114 valence electrons. The normalized spacial score (nSPS) is 10.9. The molecule has 21 heavy (non-hydrogen) atoms. The van der Waals surface area contributed by atoms with Gasteiger partial charge in [0.15, 0.2) is 0 Å². The fourth-order valence-corrected chi connectivity index (χ4v) is 3.76. The molecule has 0 amide bonds. The van der Waals surface area contributed by atoms with E-state index in [-0.39, 0.29) is 0 Å². The molecular weight excluding hydrogens is 396 g/mol. The minimum Gasteiger partial charge on any atom is -0.495 e. The second-order valence-corrected chi connectivity index (χ2v) is 6.64. The number of aryl methyl sites for hydroxylation is 1. The molecule has 0 fully saturated rings. The highest BCUT2D eigenvalue weighted by Gasteiger charge is 2.16. The van der Waals surface area contributed by atoms with Crippen LogP contribution in [0.25, 0.3) is 10.9 Å². The molecule has 0 aliphatic carbocycles. The van der Waals surface area contributed by atoms with Crippen LogP contribution >= 0.6 is 31.9 Å². The molecule has 0 aliphatic rings. The van der Waals surface area contributed by atoms with Gasteiger partial charge < -0.3 is 10.1 Å². The van der Waals surface area contributed by atoms with Gasteiger partial charge in [0.1, 0.15) is 5.75 Å². The number of aromatic nitrogens is 1. The van der Waals surface area contributed by atoms with Gasteiger partial charge >= 0.3 is 0 Å². The molecule has 0 radical (unpaired) electrons. The Kier molecular flexibility index (Phi) is 5.88. The van der Waals surface area contributed by atoms with E-state index in [4.69, 9.17) is 9.72 Å². The summed E-state index contributed by atoms with van der Waals surface area (Å²) in [5.74, 6) is 0.822. The summed E-state index contributed by atoms with van der Waals surface area (Å²) in [5, 5.41) is 4.52. The number of hydrogen-bond donors (Lipinski definition) is 1. The fourth-order valence-electron chi connectivity index (χ4n) is 2.35. The Morgan fingerprint density at radius 2 is 1.90 bits per heavy atom. The summed E-state index contributed by atoms with van der Waals surface area (Å²) >= 11 is 7.19.